The molecule has 29 heavy (non-hydrogen) atoms. The fraction of sp³-hybridized carbons (Fsp3) is 0.250. The number of aliphatic hydroxyl groups is 1. The number of nitrogens with one attached hydrogen (secondary N) is 2. The first-order valence-corrected chi connectivity index (χ1v) is 11.0. The van der Waals surface area contributed by atoms with Crippen LogP contribution in [0.2, 0.25) is 5.02 Å². The van der Waals surface area contributed by atoms with E-state index in [9.17, 15) is 22.7 Å². The Morgan fingerprint density at radius 3 is 2.55 bits per heavy atom. The Bertz CT molecular complexity index is 1010. The molecule has 156 valence electrons. The van der Waals surface area contributed by atoms with Gasteiger partial charge in [0.2, 0.25) is 0 Å². The standard InChI is InChI=1S/C20H22ClFN2O4S/c1-13(9-10-29(2,27)28)23-20(26)16-8-7-14(11-18(16)22)24-19(12-25)15-5-3-4-6-17(15)21/h3-11,13,19,24-25H,12H2,1-2H3,(H,23,26)/b10-9+/t13-,19?/m1/s1. The summed E-state index contributed by atoms with van der Waals surface area (Å²) in [6.07, 6.45) is 2.34. The van der Waals surface area contributed by atoms with Gasteiger partial charge < -0.3 is 15.7 Å². The smallest absolute Gasteiger partial charge is 0.254 e. The quantitative estimate of drug-likeness (QED) is 0.585. The average Bonchev–Trinajstić information content (AvgIpc) is 2.64. The van der Waals surface area contributed by atoms with E-state index >= 15 is 0 Å². The highest BCUT2D eigenvalue weighted by molar-refractivity contribution is 7.93. The minimum Gasteiger partial charge on any atom is -0.394 e. The summed E-state index contributed by atoms with van der Waals surface area (Å²) in [6, 6.07) is 9.78. The lowest BCUT2D eigenvalue weighted by Crippen LogP contribution is -2.31. The third-order valence-electron chi connectivity index (χ3n) is 3.99. The number of hydrogen-bond donors (Lipinski definition) is 3. The van der Waals surface area contributed by atoms with Gasteiger partial charge >= 0.3 is 0 Å². The summed E-state index contributed by atoms with van der Waals surface area (Å²) in [5.74, 6) is -1.44. The van der Waals surface area contributed by atoms with E-state index in [-0.39, 0.29) is 12.2 Å². The molecule has 0 spiro atoms. The van der Waals surface area contributed by atoms with Gasteiger partial charge in [0.15, 0.2) is 9.84 Å². The maximum atomic E-state index is 14.5. The Morgan fingerprint density at radius 2 is 1.97 bits per heavy atom. The van der Waals surface area contributed by atoms with Gasteiger partial charge in [0.05, 0.1) is 18.2 Å². The first-order valence-electron chi connectivity index (χ1n) is 8.71. The van der Waals surface area contributed by atoms with E-state index in [2.05, 4.69) is 10.6 Å². The van der Waals surface area contributed by atoms with Gasteiger partial charge in [-0.1, -0.05) is 35.9 Å². The predicted molar refractivity (Wildman–Crippen MR) is 112 cm³/mol. The molecule has 0 aliphatic carbocycles. The Hall–Kier alpha value is -2.42. The van der Waals surface area contributed by atoms with E-state index in [0.717, 1.165) is 17.7 Å². The Balaban J connectivity index is 2.12. The third-order valence-corrected chi connectivity index (χ3v) is 4.99. The number of rotatable bonds is 8. The van der Waals surface area contributed by atoms with Crippen molar-refractivity contribution < 1.29 is 22.7 Å². The van der Waals surface area contributed by atoms with Crippen molar-refractivity contribution in [2.45, 2.75) is 19.0 Å². The highest BCUT2D eigenvalue weighted by Crippen LogP contribution is 2.26. The molecule has 0 heterocycles. The summed E-state index contributed by atoms with van der Waals surface area (Å²) in [5, 5.41) is 16.6. The molecule has 2 rings (SSSR count). The number of amides is 1. The molecule has 2 atom stereocenters. The summed E-state index contributed by atoms with van der Waals surface area (Å²) < 4.78 is 36.7. The molecular formula is C20H22ClFN2O4S. The fourth-order valence-electron chi connectivity index (χ4n) is 2.56. The summed E-state index contributed by atoms with van der Waals surface area (Å²) in [6.45, 7) is 1.31. The van der Waals surface area contributed by atoms with Crippen molar-refractivity contribution in [1.82, 2.24) is 5.32 Å². The SMILES string of the molecule is C[C@H](/C=C/S(C)(=O)=O)NC(=O)c1ccc(NC(CO)c2ccccc2Cl)cc1F. The molecule has 0 radical (unpaired) electrons. The first-order chi connectivity index (χ1) is 13.6. The molecule has 0 bridgehead atoms. The van der Waals surface area contributed by atoms with Gasteiger partial charge in [-0.25, -0.2) is 12.8 Å². The van der Waals surface area contributed by atoms with E-state index in [0.29, 0.717) is 16.3 Å². The molecule has 0 saturated heterocycles. The van der Waals surface area contributed by atoms with Crippen LogP contribution in [0.3, 0.4) is 0 Å². The van der Waals surface area contributed by atoms with Gasteiger partial charge in [-0.15, -0.1) is 0 Å². The maximum Gasteiger partial charge on any atom is 0.254 e. The van der Waals surface area contributed by atoms with Crippen molar-refractivity contribution in [3.05, 3.63) is 75.9 Å². The van der Waals surface area contributed by atoms with Crippen molar-refractivity contribution in [2.24, 2.45) is 0 Å². The number of hydrogen-bond acceptors (Lipinski definition) is 5. The summed E-state index contributed by atoms with van der Waals surface area (Å²) in [4.78, 5) is 12.2. The molecule has 0 aliphatic rings. The van der Waals surface area contributed by atoms with Crippen LogP contribution < -0.4 is 10.6 Å². The Morgan fingerprint density at radius 1 is 1.28 bits per heavy atom. The van der Waals surface area contributed by atoms with Crippen molar-refractivity contribution >= 4 is 33.0 Å². The van der Waals surface area contributed by atoms with Gasteiger partial charge in [0.25, 0.3) is 5.91 Å². The molecule has 0 aromatic heterocycles. The van der Waals surface area contributed by atoms with E-state index < -0.39 is 33.6 Å². The number of benzene rings is 2. The van der Waals surface area contributed by atoms with Crippen LogP contribution in [0.4, 0.5) is 10.1 Å². The van der Waals surface area contributed by atoms with Crippen LogP contribution >= 0.6 is 11.6 Å². The molecule has 9 heteroatoms. The number of carbonyl (C=O) groups excluding carboxylic acids is 1. The fourth-order valence-corrected chi connectivity index (χ4v) is 3.35. The first kappa shape index (κ1) is 22.9. The molecule has 2 aromatic carbocycles. The Labute approximate surface area is 174 Å². The van der Waals surface area contributed by atoms with Crippen LogP contribution in [0, 0.1) is 5.82 Å². The molecule has 0 fully saturated rings. The molecule has 6 nitrogen and oxygen atoms in total. The van der Waals surface area contributed by atoms with E-state index in [4.69, 9.17) is 11.6 Å². The van der Waals surface area contributed by atoms with Gasteiger partial charge in [0, 0.05) is 28.4 Å². The maximum absolute atomic E-state index is 14.5. The van der Waals surface area contributed by atoms with Crippen molar-refractivity contribution in [3.8, 4) is 0 Å². The van der Waals surface area contributed by atoms with Crippen LogP contribution in [0.5, 0.6) is 0 Å². The second-order valence-electron chi connectivity index (χ2n) is 6.52. The monoisotopic (exact) mass is 440 g/mol. The second kappa shape index (κ2) is 9.87. The van der Waals surface area contributed by atoms with Crippen LogP contribution in [0.1, 0.15) is 28.9 Å². The van der Waals surface area contributed by atoms with Crippen LogP contribution in [-0.2, 0) is 9.84 Å². The molecule has 2 aromatic rings. The largest absolute Gasteiger partial charge is 0.394 e. The highest BCUT2D eigenvalue weighted by atomic mass is 35.5. The molecular weight excluding hydrogens is 419 g/mol. The minimum absolute atomic E-state index is 0.187. The van der Waals surface area contributed by atoms with Gasteiger partial charge in [-0.2, -0.15) is 0 Å². The second-order valence-corrected chi connectivity index (χ2v) is 8.85. The lowest BCUT2D eigenvalue weighted by atomic mass is 10.1. The summed E-state index contributed by atoms with van der Waals surface area (Å²) >= 11 is 6.14. The van der Waals surface area contributed by atoms with Crippen molar-refractivity contribution in [3.63, 3.8) is 0 Å². The van der Waals surface area contributed by atoms with Gasteiger partial charge in [-0.05, 0) is 36.8 Å². The lowest BCUT2D eigenvalue weighted by molar-refractivity contribution is 0.0943. The van der Waals surface area contributed by atoms with Crippen LogP contribution in [0.15, 0.2) is 53.9 Å². The number of aliphatic hydroxyl groups excluding tert-OH is 1. The van der Waals surface area contributed by atoms with Crippen LogP contribution in [0.25, 0.3) is 0 Å². The van der Waals surface area contributed by atoms with E-state index in [1.807, 2.05) is 0 Å². The average molecular weight is 441 g/mol. The number of halogens is 2. The Kier molecular flexibility index (Phi) is 7.78. The zero-order valence-electron chi connectivity index (χ0n) is 15.9. The lowest BCUT2D eigenvalue weighted by Gasteiger charge is -2.19. The molecule has 1 unspecified atom stereocenters. The minimum atomic E-state index is -3.32. The van der Waals surface area contributed by atoms with E-state index in [1.165, 1.54) is 18.2 Å². The zero-order valence-corrected chi connectivity index (χ0v) is 17.5. The number of carbonyl (C=O) groups is 1. The highest BCUT2D eigenvalue weighted by Gasteiger charge is 2.17. The molecule has 0 aliphatic heterocycles. The zero-order chi connectivity index (χ0) is 21.6. The normalized spacial score (nSPS) is 13.8. The van der Waals surface area contributed by atoms with Gasteiger partial charge in [0.1, 0.15) is 5.82 Å². The van der Waals surface area contributed by atoms with Gasteiger partial charge in [-0.3, -0.25) is 4.79 Å². The van der Waals surface area contributed by atoms with Crippen LogP contribution in [-0.4, -0.2) is 38.3 Å². The summed E-state index contributed by atoms with van der Waals surface area (Å²) in [7, 11) is -3.32. The molecule has 1 amide bonds. The number of anilines is 1. The van der Waals surface area contributed by atoms with E-state index in [1.54, 1.807) is 31.2 Å². The number of sulfone groups is 1. The topological polar surface area (TPSA) is 95.5 Å². The summed E-state index contributed by atoms with van der Waals surface area (Å²) in [5.41, 5.74) is 0.835. The van der Waals surface area contributed by atoms with Crippen molar-refractivity contribution in [1.29, 1.82) is 0 Å². The van der Waals surface area contributed by atoms with Crippen molar-refractivity contribution in [2.75, 3.05) is 18.2 Å². The molecule has 0 saturated carbocycles. The molecule has 3 N–H and O–H groups in total. The third kappa shape index (κ3) is 6.85. The predicted octanol–water partition coefficient (Wildman–Crippen LogP) is 3.30.